The molecule has 0 spiro atoms. The molecular weight excluding hydrogens is 562 g/mol. The number of H-pyrrole nitrogens is 1. The number of hydrogen-bond acceptors (Lipinski definition) is 6. The fourth-order valence-electron chi connectivity index (χ4n) is 5.28. The fraction of sp³-hybridized carbons (Fsp3) is 0.424. The number of aromatic amines is 1. The number of para-hydroxylation sites is 1. The number of ether oxygens (including phenoxy) is 1. The fourth-order valence-corrected chi connectivity index (χ4v) is 5.28. The normalized spacial score (nSPS) is 21.9. The number of amides is 4. The number of fused-ring (bicyclic) bond motifs is 1. The van der Waals surface area contributed by atoms with E-state index < -0.39 is 53.8 Å². The third-order valence-corrected chi connectivity index (χ3v) is 7.68. The third-order valence-electron chi connectivity index (χ3n) is 7.68. The Morgan fingerprint density at radius 1 is 0.909 bits per heavy atom. The van der Waals surface area contributed by atoms with Crippen molar-refractivity contribution in [3.05, 3.63) is 71.9 Å². The van der Waals surface area contributed by atoms with Crippen LogP contribution in [0.2, 0.25) is 0 Å². The van der Waals surface area contributed by atoms with E-state index in [1.807, 2.05) is 49.4 Å². The van der Waals surface area contributed by atoms with Gasteiger partial charge in [0.15, 0.2) is 0 Å². The lowest BCUT2D eigenvalue weighted by molar-refractivity contribution is -0.152. The van der Waals surface area contributed by atoms with E-state index in [4.69, 9.17) is 4.74 Å². The molecule has 2 aromatic carbocycles. The molecule has 5 N–H and O–H groups in total. The molecule has 1 aliphatic rings. The molecule has 3 aromatic rings. The number of benzene rings is 2. The molecule has 4 amide bonds. The molecule has 11 nitrogen and oxygen atoms in total. The highest BCUT2D eigenvalue weighted by Crippen LogP contribution is 2.19. The summed E-state index contributed by atoms with van der Waals surface area (Å²) in [5, 5.41) is 12.0. The van der Waals surface area contributed by atoms with Gasteiger partial charge >= 0.3 is 5.97 Å². The molecule has 11 heteroatoms. The molecule has 234 valence electrons. The molecule has 4 atom stereocenters. The van der Waals surface area contributed by atoms with Gasteiger partial charge < -0.3 is 31.0 Å². The highest BCUT2D eigenvalue weighted by Gasteiger charge is 2.34. The molecule has 0 bridgehead atoms. The van der Waals surface area contributed by atoms with Gasteiger partial charge in [0.2, 0.25) is 23.6 Å². The first-order chi connectivity index (χ1) is 21.2. The van der Waals surface area contributed by atoms with Crippen LogP contribution in [0.4, 0.5) is 0 Å². The molecule has 1 fully saturated rings. The smallest absolute Gasteiger partial charge is 0.307 e. The minimum Gasteiger partial charge on any atom is -0.460 e. The van der Waals surface area contributed by atoms with Crippen molar-refractivity contribution in [2.24, 2.45) is 0 Å². The molecule has 44 heavy (non-hydrogen) atoms. The highest BCUT2D eigenvalue weighted by molar-refractivity contribution is 5.95. The van der Waals surface area contributed by atoms with Crippen LogP contribution in [-0.4, -0.2) is 65.4 Å². The van der Waals surface area contributed by atoms with Gasteiger partial charge in [0.05, 0.1) is 12.8 Å². The van der Waals surface area contributed by atoms with E-state index >= 15 is 0 Å². The quantitative estimate of drug-likeness (QED) is 0.187. The van der Waals surface area contributed by atoms with Crippen molar-refractivity contribution in [1.82, 2.24) is 26.3 Å². The Kier molecular flexibility index (Phi) is 11.5. The number of carbonyl (C=O) groups is 5. The Hall–Kier alpha value is -4.67. The van der Waals surface area contributed by atoms with E-state index in [1.165, 1.54) is 6.92 Å². The number of rotatable bonds is 9. The number of cyclic esters (lactones) is 1. The summed E-state index contributed by atoms with van der Waals surface area (Å²) in [6.45, 7) is 3.52. The second-order valence-corrected chi connectivity index (χ2v) is 11.1. The molecule has 4 unspecified atom stereocenters. The van der Waals surface area contributed by atoms with Gasteiger partial charge in [-0.15, -0.1) is 0 Å². The minimum atomic E-state index is -1.24. The first kappa shape index (κ1) is 32.2. The summed E-state index contributed by atoms with van der Waals surface area (Å²) < 4.78 is 5.51. The monoisotopic (exact) mass is 603 g/mol. The van der Waals surface area contributed by atoms with E-state index in [0.29, 0.717) is 12.8 Å². The zero-order chi connectivity index (χ0) is 31.5. The van der Waals surface area contributed by atoms with Crippen LogP contribution < -0.4 is 21.3 Å². The summed E-state index contributed by atoms with van der Waals surface area (Å²) >= 11 is 0. The lowest BCUT2D eigenvalue weighted by Gasteiger charge is -2.28. The van der Waals surface area contributed by atoms with Gasteiger partial charge in [0.1, 0.15) is 24.2 Å². The summed E-state index contributed by atoms with van der Waals surface area (Å²) in [7, 11) is 0. The van der Waals surface area contributed by atoms with Gasteiger partial charge in [-0.2, -0.15) is 0 Å². The number of hydrogen-bond donors (Lipinski definition) is 5. The maximum absolute atomic E-state index is 13.7. The van der Waals surface area contributed by atoms with E-state index in [1.54, 1.807) is 18.3 Å². The number of esters is 1. The van der Waals surface area contributed by atoms with Gasteiger partial charge in [0, 0.05) is 30.1 Å². The zero-order valence-corrected chi connectivity index (χ0v) is 25.2. The Balaban J connectivity index is 1.58. The van der Waals surface area contributed by atoms with Gasteiger partial charge in [-0.1, -0.05) is 74.7 Å². The van der Waals surface area contributed by atoms with E-state index in [9.17, 15) is 24.0 Å². The topological polar surface area (TPSA) is 158 Å². The first-order valence-corrected chi connectivity index (χ1v) is 15.2. The van der Waals surface area contributed by atoms with Crippen LogP contribution in [0, 0.1) is 0 Å². The average Bonchev–Trinajstić information content (AvgIpc) is 3.41. The number of aromatic nitrogens is 1. The number of nitrogens with one attached hydrogen (secondary N) is 5. The maximum Gasteiger partial charge on any atom is 0.307 e. The van der Waals surface area contributed by atoms with Crippen LogP contribution in [0.25, 0.3) is 10.9 Å². The molecular formula is C33H41N5O6. The summed E-state index contributed by atoms with van der Waals surface area (Å²) in [5.74, 6) is -2.69. The Bertz CT molecular complexity index is 1460. The van der Waals surface area contributed by atoms with Gasteiger partial charge in [0.25, 0.3) is 0 Å². The second kappa shape index (κ2) is 15.7. The minimum absolute atomic E-state index is 0.0211. The molecule has 4 rings (SSSR count). The van der Waals surface area contributed by atoms with E-state index in [0.717, 1.165) is 34.9 Å². The van der Waals surface area contributed by atoms with Crippen molar-refractivity contribution < 1.29 is 28.7 Å². The Labute approximate surface area is 256 Å². The van der Waals surface area contributed by atoms with Crippen molar-refractivity contribution in [3.63, 3.8) is 0 Å². The number of unbranched alkanes of at least 4 members (excludes halogenated alkanes) is 2. The van der Waals surface area contributed by atoms with Crippen LogP contribution >= 0.6 is 0 Å². The predicted octanol–water partition coefficient (Wildman–Crippen LogP) is 2.44. The van der Waals surface area contributed by atoms with Gasteiger partial charge in [-0.3, -0.25) is 24.0 Å². The molecule has 2 heterocycles. The summed E-state index contributed by atoms with van der Waals surface area (Å²) in [5.41, 5.74) is 2.49. The highest BCUT2D eigenvalue weighted by atomic mass is 16.5. The third kappa shape index (κ3) is 8.92. The zero-order valence-electron chi connectivity index (χ0n) is 25.2. The predicted molar refractivity (Wildman–Crippen MR) is 165 cm³/mol. The van der Waals surface area contributed by atoms with Crippen molar-refractivity contribution in [2.75, 3.05) is 6.54 Å². The van der Waals surface area contributed by atoms with Gasteiger partial charge in [-0.25, -0.2) is 0 Å². The van der Waals surface area contributed by atoms with Crippen molar-refractivity contribution in [2.45, 2.75) is 83.0 Å². The first-order valence-electron chi connectivity index (χ1n) is 15.2. The lowest BCUT2D eigenvalue weighted by Crippen LogP contribution is -2.60. The second-order valence-electron chi connectivity index (χ2n) is 11.1. The van der Waals surface area contributed by atoms with Crippen LogP contribution in [0.5, 0.6) is 0 Å². The number of carbonyl (C=O) groups excluding carboxylic acids is 5. The lowest BCUT2D eigenvalue weighted by atomic mass is 10.0. The standard InChI is InChI=1S/C33H41N5O6/c1-3-4-6-15-26-32(42)37-27(19-23-20-35-25-14-10-9-13-24(23)25)31(41)34-17-16-29(40)44-21(2)30(33(43)36-26)38-28(39)18-22-11-7-5-8-12-22/h5,7-14,20-21,26-27,30,35H,3-4,6,15-19H2,1-2H3,(H,34,41)(H,36,43)(H,37,42)(H,38,39). The molecule has 0 aliphatic carbocycles. The van der Waals surface area contributed by atoms with Gasteiger partial charge in [-0.05, 0) is 30.5 Å². The Morgan fingerprint density at radius 3 is 2.41 bits per heavy atom. The molecule has 1 aromatic heterocycles. The Morgan fingerprint density at radius 2 is 1.64 bits per heavy atom. The molecule has 1 aliphatic heterocycles. The molecule has 0 saturated carbocycles. The van der Waals surface area contributed by atoms with Crippen LogP contribution in [-0.2, 0) is 41.6 Å². The van der Waals surface area contributed by atoms with Crippen LogP contribution in [0.1, 0.15) is 57.1 Å². The van der Waals surface area contributed by atoms with Crippen molar-refractivity contribution in [3.8, 4) is 0 Å². The van der Waals surface area contributed by atoms with Crippen molar-refractivity contribution >= 4 is 40.5 Å². The van der Waals surface area contributed by atoms with E-state index in [-0.39, 0.29) is 25.8 Å². The largest absolute Gasteiger partial charge is 0.460 e. The van der Waals surface area contributed by atoms with Crippen LogP contribution in [0.3, 0.4) is 0 Å². The molecule has 0 radical (unpaired) electrons. The molecule has 1 saturated heterocycles. The van der Waals surface area contributed by atoms with Crippen molar-refractivity contribution in [1.29, 1.82) is 0 Å². The van der Waals surface area contributed by atoms with Crippen LogP contribution in [0.15, 0.2) is 60.8 Å². The SMILES string of the molecule is CCCCCC1NC(=O)C(NC(=O)Cc2ccccc2)C(C)OC(=O)CCNC(=O)C(Cc2c[nH]c3ccccc23)NC1=O. The van der Waals surface area contributed by atoms with E-state index in [2.05, 4.69) is 26.3 Å². The maximum atomic E-state index is 13.7. The average molecular weight is 604 g/mol. The summed E-state index contributed by atoms with van der Waals surface area (Å²) in [6.07, 6.45) is 3.55. The summed E-state index contributed by atoms with van der Waals surface area (Å²) in [6, 6.07) is 13.5. The summed E-state index contributed by atoms with van der Waals surface area (Å²) in [4.78, 5) is 69.4.